The van der Waals surface area contributed by atoms with Gasteiger partial charge in [0.2, 0.25) is 23.6 Å². The van der Waals surface area contributed by atoms with Gasteiger partial charge in [0.1, 0.15) is 23.9 Å². The van der Waals surface area contributed by atoms with Gasteiger partial charge in [-0.2, -0.15) is 0 Å². The van der Waals surface area contributed by atoms with Crippen molar-refractivity contribution in [1.29, 1.82) is 0 Å². The number of phenolic OH excluding ortho intramolecular Hbond substituents is 1. The van der Waals surface area contributed by atoms with Gasteiger partial charge in [-0.25, -0.2) is 4.79 Å². The number of hydrogen-bond acceptors (Lipinski definition) is 9. The highest BCUT2D eigenvalue weighted by Crippen LogP contribution is 2.24. The van der Waals surface area contributed by atoms with E-state index in [9.17, 15) is 33.9 Å². The molecule has 5 atom stereocenters. The van der Waals surface area contributed by atoms with Crippen LogP contribution in [0.1, 0.15) is 71.8 Å². The molecule has 15 heteroatoms. The minimum absolute atomic E-state index is 0.00807. The summed E-state index contributed by atoms with van der Waals surface area (Å²) in [6.45, 7) is 7.59. The number of carbonyl (C=O) groups is 6. The van der Waals surface area contributed by atoms with Crippen LogP contribution in [0, 0.1) is 9.49 Å². The molecule has 5 amide bonds. The van der Waals surface area contributed by atoms with Crippen molar-refractivity contribution >= 4 is 58.1 Å². The number of carbonyl (C=O) groups excluding carboxylic acids is 6. The lowest BCUT2D eigenvalue weighted by atomic mass is 10.0. The first-order valence-corrected chi connectivity index (χ1v) is 16.6. The maximum atomic E-state index is 13.5. The molecule has 256 valence electrons. The molecule has 2 unspecified atom stereocenters. The molecule has 0 radical (unpaired) electrons. The third-order valence-corrected chi connectivity index (χ3v) is 8.02. The van der Waals surface area contributed by atoms with Crippen LogP contribution >= 0.6 is 22.6 Å². The van der Waals surface area contributed by atoms with Gasteiger partial charge in [0.15, 0.2) is 12.2 Å². The van der Waals surface area contributed by atoms with Crippen LogP contribution in [0.25, 0.3) is 0 Å². The number of phenols is 1. The number of ether oxygens (including phenoxy) is 2. The second kappa shape index (κ2) is 19.3. The van der Waals surface area contributed by atoms with E-state index in [1.54, 1.807) is 26.0 Å². The fraction of sp³-hybridized carbons (Fsp3) is 0.613. The average Bonchev–Trinajstić information content (AvgIpc) is 3.80. The number of epoxide rings is 1. The number of aromatic hydroxyl groups is 1. The van der Waals surface area contributed by atoms with Crippen molar-refractivity contribution in [2.75, 3.05) is 13.2 Å². The summed E-state index contributed by atoms with van der Waals surface area (Å²) in [7, 11) is 0. The summed E-state index contributed by atoms with van der Waals surface area (Å²) in [6.07, 6.45) is 0.678. The van der Waals surface area contributed by atoms with Crippen molar-refractivity contribution in [2.45, 2.75) is 103 Å². The molecule has 1 fully saturated rings. The lowest BCUT2D eigenvalue weighted by Gasteiger charge is -2.24. The van der Waals surface area contributed by atoms with Crippen LogP contribution in [-0.4, -0.2) is 84.1 Å². The van der Waals surface area contributed by atoms with Gasteiger partial charge in [-0.05, 0) is 78.8 Å². The van der Waals surface area contributed by atoms with Crippen molar-refractivity contribution < 1.29 is 43.3 Å². The van der Waals surface area contributed by atoms with E-state index in [4.69, 9.17) is 15.2 Å². The largest absolute Gasteiger partial charge is 0.507 e. The average molecular weight is 758 g/mol. The van der Waals surface area contributed by atoms with E-state index in [2.05, 4.69) is 21.3 Å². The first kappa shape index (κ1) is 38.7. The highest BCUT2D eigenvalue weighted by molar-refractivity contribution is 14.1. The Bertz CT molecular complexity index is 1240. The molecular weight excluding hydrogens is 711 g/mol. The Morgan fingerprint density at radius 3 is 2.28 bits per heavy atom. The van der Waals surface area contributed by atoms with Gasteiger partial charge in [-0.1, -0.05) is 33.3 Å². The zero-order valence-electron chi connectivity index (χ0n) is 26.7. The number of primary amides is 1. The summed E-state index contributed by atoms with van der Waals surface area (Å²) >= 11 is 1.97. The summed E-state index contributed by atoms with van der Waals surface area (Å²) in [6, 6.07) is 2.17. The maximum Gasteiger partial charge on any atom is 0.338 e. The zero-order chi connectivity index (χ0) is 34.4. The van der Waals surface area contributed by atoms with Gasteiger partial charge in [0.05, 0.1) is 10.2 Å². The Morgan fingerprint density at radius 2 is 1.67 bits per heavy atom. The van der Waals surface area contributed by atoms with Crippen LogP contribution in [0.4, 0.5) is 0 Å². The van der Waals surface area contributed by atoms with Crippen molar-refractivity contribution in [3.05, 3.63) is 27.3 Å². The summed E-state index contributed by atoms with van der Waals surface area (Å²) in [4.78, 5) is 74.9. The quantitative estimate of drug-likeness (QED) is 0.0482. The summed E-state index contributed by atoms with van der Waals surface area (Å²) in [5.74, 6) is -3.04. The van der Waals surface area contributed by atoms with E-state index in [1.807, 2.05) is 36.4 Å². The Balaban J connectivity index is 2.01. The number of rotatable bonds is 20. The molecule has 0 saturated carbocycles. The minimum Gasteiger partial charge on any atom is -0.507 e. The molecule has 1 aliphatic rings. The molecule has 0 bridgehead atoms. The summed E-state index contributed by atoms with van der Waals surface area (Å²) < 4.78 is 10.6. The highest BCUT2D eigenvalue weighted by atomic mass is 125. The van der Waals surface area contributed by atoms with Gasteiger partial charge < -0.3 is 41.6 Å². The Labute approximate surface area is 282 Å². The molecule has 0 aliphatic carbocycles. The van der Waals surface area contributed by atoms with E-state index in [0.29, 0.717) is 41.4 Å². The number of nitrogens with two attached hydrogens (primary N) is 1. The summed E-state index contributed by atoms with van der Waals surface area (Å²) in [5.41, 5.74) is 5.96. The van der Waals surface area contributed by atoms with E-state index in [1.165, 1.54) is 6.07 Å². The van der Waals surface area contributed by atoms with E-state index >= 15 is 0 Å². The third-order valence-electron chi connectivity index (χ3n) is 7.16. The van der Waals surface area contributed by atoms with E-state index in [-0.39, 0.29) is 43.4 Å². The first-order valence-electron chi connectivity index (χ1n) is 15.5. The molecule has 1 aromatic rings. The molecule has 0 aromatic heterocycles. The van der Waals surface area contributed by atoms with Crippen LogP contribution in [-0.2, 0) is 44.7 Å². The van der Waals surface area contributed by atoms with Gasteiger partial charge in [0, 0.05) is 19.4 Å². The number of hydrogen-bond donors (Lipinski definition) is 6. The Hall–Kier alpha value is -3.47. The normalized spacial score (nSPS) is 17.3. The monoisotopic (exact) mass is 757 g/mol. The molecule has 1 aliphatic heterocycles. The number of unbranched alkanes of at least 4 members (excludes halogenated alkanes) is 2. The number of nitrogens with one attached hydrogen (secondary N) is 4. The van der Waals surface area contributed by atoms with Crippen LogP contribution in [0.3, 0.4) is 0 Å². The van der Waals surface area contributed by atoms with E-state index in [0.717, 1.165) is 0 Å². The highest BCUT2D eigenvalue weighted by Gasteiger charge is 2.52. The predicted octanol–water partition coefficient (Wildman–Crippen LogP) is 0.942. The molecule has 1 aromatic carbocycles. The molecule has 7 N–H and O–H groups in total. The molecule has 1 saturated heterocycles. The van der Waals surface area contributed by atoms with Gasteiger partial charge in [-0.15, -0.1) is 0 Å². The minimum atomic E-state index is -1.05. The Kier molecular flexibility index (Phi) is 16.2. The van der Waals surface area contributed by atoms with Gasteiger partial charge in [0.25, 0.3) is 5.91 Å². The summed E-state index contributed by atoms with van der Waals surface area (Å²) in [5, 5.41) is 20.8. The number of amides is 5. The van der Waals surface area contributed by atoms with Crippen LogP contribution in [0.15, 0.2) is 18.2 Å². The van der Waals surface area contributed by atoms with Crippen LogP contribution < -0.4 is 27.0 Å². The zero-order valence-corrected chi connectivity index (χ0v) is 28.9. The molecule has 0 spiro atoms. The van der Waals surface area contributed by atoms with Crippen LogP contribution in [0.5, 0.6) is 5.75 Å². The molecule has 1 heterocycles. The fourth-order valence-corrected chi connectivity index (χ4v) is 5.21. The van der Waals surface area contributed by atoms with Gasteiger partial charge in [-0.3, -0.25) is 24.0 Å². The second-order valence-corrected chi connectivity index (χ2v) is 12.7. The third kappa shape index (κ3) is 13.1. The number of benzene rings is 1. The second-order valence-electron chi connectivity index (χ2n) is 11.5. The van der Waals surface area contributed by atoms with Crippen LogP contribution in [0.2, 0.25) is 0 Å². The van der Waals surface area contributed by atoms with Gasteiger partial charge >= 0.3 is 5.97 Å². The lowest BCUT2D eigenvalue weighted by Crippen LogP contribution is -2.55. The Morgan fingerprint density at radius 1 is 0.957 bits per heavy atom. The van der Waals surface area contributed by atoms with Crippen molar-refractivity contribution in [1.82, 2.24) is 21.3 Å². The first-order chi connectivity index (χ1) is 21.8. The standard InChI is InChI=1S/C31H46IN5O9/c1-5-20(27(33)40)35-24(39)10-8-7-9-13-34-28(41)22(16-18-11-12-23(38)19(32)15-18)36-29(42)21(14-17(3)4)37-30(43)25-26(46-25)31(44)45-6-2/h11-12,15,17,20-22,25-26,38H,5-10,13-14,16H2,1-4H3,(H2,33,40)(H,34,41)(H,35,39)(H,36,42)(H,37,43)/t20-,21-,22-,25?,26?/m0/s1/i32-2. The van der Waals surface area contributed by atoms with Crippen molar-refractivity contribution in [2.24, 2.45) is 11.7 Å². The molecule has 14 nitrogen and oxygen atoms in total. The molecular formula is C31H46IN5O9. The maximum absolute atomic E-state index is 13.5. The lowest BCUT2D eigenvalue weighted by molar-refractivity contribution is -0.144. The molecule has 46 heavy (non-hydrogen) atoms. The van der Waals surface area contributed by atoms with Crippen molar-refractivity contribution in [3.8, 4) is 5.75 Å². The smallest absolute Gasteiger partial charge is 0.338 e. The fourth-order valence-electron chi connectivity index (χ4n) is 4.63. The van der Waals surface area contributed by atoms with E-state index < -0.39 is 59.9 Å². The SMILES string of the molecule is CCOC(=O)C1OC1C(=O)N[C@@H](CC(C)C)C(=O)N[C@@H](Cc1ccc(O)c([125I])c1)C(=O)NCCCCCC(=O)N[C@@H](CC)C(N)=O. The number of esters is 1. The predicted molar refractivity (Wildman–Crippen MR) is 176 cm³/mol. The van der Waals surface area contributed by atoms with Crippen molar-refractivity contribution in [3.63, 3.8) is 0 Å². The topological polar surface area (TPSA) is 219 Å². The number of halogens is 1. The molecule has 2 rings (SSSR count).